The molecule has 0 N–H and O–H groups in total. The number of hydrogen-bond acceptors (Lipinski definition) is 3. The summed E-state index contributed by atoms with van der Waals surface area (Å²) in [5.74, 6) is 0. The summed E-state index contributed by atoms with van der Waals surface area (Å²) < 4.78 is 0. The van der Waals surface area contributed by atoms with E-state index in [4.69, 9.17) is 0 Å². The van der Waals surface area contributed by atoms with Gasteiger partial charge in [0.05, 0.1) is 5.69 Å². The Labute approximate surface area is 70.5 Å². The van der Waals surface area contributed by atoms with Crippen LogP contribution in [0.2, 0.25) is 0 Å². The van der Waals surface area contributed by atoms with E-state index in [-0.39, 0.29) is 0 Å². The first-order valence-corrected chi connectivity index (χ1v) is 3.82. The van der Waals surface area contributed by atoms with Crippen LogP contribution in [0.25, 0.3) is 11.2 Å². The van der Waals surface area contributed by atoms with Crippen LogP contribution in [0.5, 0.6) is 0 Å². The molecule has 2 rings (SSSR count). The Kier molecular flexibility index (Phi) is 1.50. The number of nitrogens with zero attached hydrogens (tertiary/aromatic N) is 3. The third-order valence-corrected chi connectivity index (χ3v) is 1.66. The van der Waals surface area contributed by atoms with Crippen molar-refractivity contribution in [2.75, 3.05) is 0 Å². The average Bonchev–Trinajstić information content (AvgIpc) is 2.05. The quantitative estimate of drug-likeness (QED) is 0.586. The lowest BCUT2D eigenvalue weighted by atomic mass is 10.3. The van der Waals surface area contributed by atoms with E-state index in [1.54, 1.807) is 12.4 Å². The Morgan fingerprint density at radius 1 is 1.08 bits per heavy atom. The molecule has 0 saturated carbocycles. The maximum absolute atomic E-state index is 4.24. The summed E-state index contributed by atoms with van der Waals surface area (Å²) in [5.41, 5.74) is 3.60. The second kappa shape index (κ2) is 2.52. The number of fused-ring (bicyclic) bond motifs is 1. The standard InChI is InChI=1S/C9H9N3/c1-6-3-8-9(11-4-6)12-7(2)5-10-8/h3-5H,1-2H3. The Hall–Kier alpha value is -1.51. The predicted molar refractivity (Wildman–Crippen MR) is 46.8 cm³/mol. The molecular weight excluding hydrogens is 150 g/mol. The molecule has 0 saturated heterocycles. The van der Waals surface area contributed by atoms with Crippen LogP contribution >= 0.6 is 0 Å². The minimum Gasteiger partial charge on any atom is -0.251 e. The molecule has 0 aliphatic rings. The molecule has 60 valence electrons. The summed E-state index contributed by atoms with van der Waals surface area (Å²) in [4.78, 5) is 12.6. The third kappa shape index (κ3) is 1.13. The summed E-state index contributed by atoms with van der Waals surface area (Å²) >= 11 is 0. The molecule has 0 aromatic carbocycles. The number of rotatable bonds is 0. The van der Waals surface area contributed by atoms with Crippen LogP contribution in [0.4, 0.5) is 0 Å². The molecule has 2 heterocycles. The van der Waals surface area contributed by atoms with Crippen molar-refractivity contribution >= 4 is 11.2 Å². The summed E-state index contributed by atoms with van der Waals surface area (Å²) in [7, 11) is 0. The molecule has 12 heavy (non-hydrogen) atoms. The molecule has 0 radical (unpaired) electrons. The van der Waals surface area contributed by atoms with Gasteiger partial charge in [0.25, 0.3) is 0 Å². The van der Waals surface area contributed by atoms with Gasteiger partial charge < -0.3 is 0 Å². The highest BCUT2D eigenvalue weighted by molar-refractivity contribution is 5.69. The van der Waals surface area contributed by atoms with Crippen LogP contribution in [0.15, 0.2) is 18.5 Å². The van der Waals surface area contributed by atoms with Crippen LogP contribution < -0.4 is 0 Å². The molecule has 2 aromatic heterocycles. The Bertz CT molecular complexity index is 382. The highest BCUT2D eigenvalue weighted by Crippen LogP contribution is 2.07. The lowest BCUT2D eigenvalue weighted by molar-refractivity contribution is 1.14. The molecule has 0 unspecified atom stereocenters. The van der Waals surface area contributed by atoms with E-state index < -0.39 is 0 Å². The summed E-state index contributed by atoms with van der Waals surface area (Å²) in [6, 6.07) is 1.98. The fourth-order valence-electron chi connectivity index (χ4n) is 1.09. The van der Waals surface area contributed by atoms with Gasteiger partial charge in [-0.1, -0.05) is 0 Å². The van der Waals surface area contributed by atoms with Crippen molar-refractivity contribution in [3.8, 4) is 0 Å². The normalized spacial score (nSPS) is 10.5. The van der Waals surface area contributed by atoms with Crippen LogP contribution in [-0.2, 0) is 0 Å². The van der Waals surface area contributed by atoms with Crippen molar-refractivity contribution in [1.82, 2.24) is 15.0 Å². The zero-order valence-electron chi connectivity index (χ0n) is 7.07. The molecule has 0 aliphatic carbocycles. The monoisotopic (exact) mass is 159 g/mol. The van der Waals surface area contributed by atoms with Gasteiger partial charge in [0.15, 0.2) is 5.65 Å². The molecule has 0 bridgehead atoms. The minimum absolute atomic E-state index is 0.723. The summed E-state index contributed by atoms with van der Waals surface area (Å²) in [5, 5.41) is 0. The van der Waals surface area contributed by atoms with Gasteiger partial charge in [-0.05, 0) is 25.5 Å². The van der Waals surface area contributed by atoms with E-state index in [0.29, 0.717) is 0 Å². The number of aryl methyl sites for hydroxylation is 2. The predicted octanol–water partition coefficient (Wildman–Crippen LogP) is 1.64. The molecule has 0 fully saturated rings. The van der Waals surface area contributed by atoms with E-state index in [9.17, 15) is 0 Å². The van der Waals surface area contributed by atoms with E-state index in [2.05, 4.69) is 15.0 Å². The van der Waals surface area contributed by atoms with Gasteiger partial charge in [-0.15, -0.1) is 0 Å². The zero-order valence-corrected chi connectivity index (χ0v) is 7.07. The number of aromatic nitrogens is 3. The molecular formula is C9H9N3. The topological polar surface area (TPSA) is 38.7 Å². The van der Waals surface area contributed by atoms with Crippen molar-refractivity contribution in [2.24, 2.45) is 0 Å². The van der Waals surface area contributed by atoms with E-state index >= 15 is 0 Å². The molecule has 3 heteroatoms. The number of pyridine rings is 1. The van der Waals surface area contributed by atoms with Gasteiger partial charge >= 0.3 is 0 Å². The smallest absolute Gasteiger partial charge is 0.178 e. The lowest BCUT2D eigenvalue weighted by Gasteiger charge is -1.97. The molecule has 0 spiro atoms. The van der Waals surface area contributed by atoms with Crippen LogP contribution in [-0.4, -0.2) is 15.0 Å². The average molecular weight is 159 g/mol. The second-order valence-electron chi connectivity index (χ2n) is 2.87. The Morgan fingerprint density at radius 3 is 2.75 bits per heavy atom. The zero-order chi connectivity index (χ0) is 8.55. The Balaban J connectivity index is 2.79. The first-order chi connectivity index (χ1) is 5.75. The molecule has 0 amide bonds. The number of hydrogen-bond donors (Lipinski definition) is 0. The first-order valence-electron chi connectivity index (χ1n) is 3.82. The maximum atomic E-state index is 4.24. The third-order valence-electron chi connectivity index (χ3n) is 1.66. The molecule has 3 nitrogen and oxygen atoms in total. The first kappa shape index (κ1) is 7.16. The van der Waals surface area contributed by atoms with Crippen LogP contribution in [0.3, 0.4) is 0 Å². The van der Waals surface area contributed by atoms with Gasteiger partial charge in [-0.2, -0.15) is 0 Å². The maximum Gasteiger partial charge on any atom is 0.178 e. The van der Waals surface area contributed by atoms with Crippen molar-refractivity contribution in [3.05, 3.63) is 29.7 Å². The lowest BCUT2D eigenvalue weighted by Crippen LogP contribution is -1.90. The minimum atomic E-state index is 0.723. The molecule has 0 atom stereocenters. The summed E-state index contributed by atoms with van der Waals surface area (Å²) in [6.45, 7) is 3.90. The van der Waals surface area contributed by atoms with E-state index in [1.807, 2.05) is 19.9 Å². The molecule has 0 aliphatic heterocycles. The van der Waals surface area contributed by atoms with Crippen LogP contribution in [0, 0.1) is 13.8 Å². The second-order valence-corrected chi connectivity index (χ2v) is 2.87. The van der Waals surface area contributed by atoms with Crippen molar-refractivity contribution in [3.63, 3.8) is 0 Å². The van der Waals surface area contributed by atoms with Gasteiger partial charge in [0.1, 0.15) is 5.52 Å². The Morgan fingerprint density at radius 2 is 1.92 bits per heavy atom. The van der Waals surface area contributed by atoms with Crippen LogP contribution in [0.1, 0.15) is 11.3 Å². The largest absolute Gasteiger partial charge is 0.251 e. The SMILES string of the molecule is Cc1cnc2nc(C)cnc2c1. The fraction of sp³-hybridized carbons (Fsp3) is 0.222. The van der Waals surface area contributed by atoms with Gasteiger partial charge in [0, 0.05) is 12.4 Å². The molecule has 2 aromatic rings. The van der Waals surface area contributed by atoms with Crippen molar-refractivity contribution < 1.29 is 0 Å². The van der Waals surface area contributed by atoms with Crippen molar-refractivity contribution in [2.45, 2.75) is 13.8 Å². The highest BCUT2D eigenvalue weighted by atomic mass is 14.9. The fourth-order valence-corrected chi connectivity index (χ4v) is 1.09. The van der Waals surface area contributed by atoms with E-state index in [0.717, 1.165) is 22.4 Å². The van der Waals surface area contributed by atoms with E-state index in [1.165, 1.54) is 0 Å². The van der Waals surface area contributed by atoms with Gasteiger partial charge in [-0.25, -0.2) is 9.97 Å². The van der Waals surface area contributed by atoms with Crippen molar-refractivity contribution in [1.29, 1.82) is 0 Å². The highest BCUT2D eigenvalue weighted by Gasteiger charge is 1.96. The summed E-state index contributed by atoms with van der Waals surface area (Å²) in [6.07, 6.45) is 3.56. The van der Waals surface area contributed by atoms with Gasteiger partial charge in [-0.3, -0.25) is 4.98 Å². The van der Waals surface area contributed by atoms with Gasteiger partial charge in [0.2, 0.25) is 0 Å².